The molecule has 382 valence electrons. The molecular weight excluding hydrogens is 921 g/mol. The molecule has 5 amide bonds. The monoisotopic (exact) mass is 986 g/mol. The number of rotatable bonds is 15. The summed E-state index contributed by atoms with van der Waals surface area (Å²) in [5.41, 5.74) is 4.50. The van der Waals surface area contributed by atoms with Gasteiger partial charge >= 0.3 is 24.1 Å². The van der Waals surface area contributed by atoms with Crippen molar-refractivity contribution in [2.75, 3.05) is 26.7 Å². The van der Waals surface area contributed by atoms with Gasteiger partial charge in [-0.05, 0) is 104 Å². The van der Waals surface area contributed by atoms with Crippen LogP contribution < -0.4 is 5.32 Å². The highest BCUT2D eigenvalue weighted by molar-refractivity contribution is 5.95. The van der Waals surface area contributed by atoms with Gasteiger partial charge in [-0.3, -0.25) is 14.4 Å². The summed E-state index contributed by atoms with van der Waals surface area (Å²) in [4.78, 5) is 107. The van der Waals surface area contributed by atoms with Gasteiger partial charge in [-0.2, -0.15) is 5.01 Å². The van der Waals surface area contributed by atoms with E-state index in [1.165, 1.54) is 14.0 Å². The molecule has 3 aliphatic rings. The number of esters is 1. The molecule has 7 rings (SSSR count). The zero-order valence-electron chi connectivity index (χ0n) is 42.2. The SMILES string of the molecule is CC(C)C[C@H](NC(=O)[C@H]1CCCN(C(=O)OCc2ccccc2)N1C(=O)[C@H](C)N(C)C(=O)[C@H]1CCCN(OC(=O)Cc2ccccc2)N1C(=O)OCC1c2ccccc2-c2ccccc21)C(=O)OC(C)(C)C. The van der Waals surface area contributed by atoms with Crippen LogP contribution in [0.15, 0.2) is 109 Å². The van der Waals surface area contributed by atoms with Gasteiger partial charge < -0.3 is 29.3 Å². The van der Waals surface area contributed by atoms with E-state index in [4.69, 9.17) is 19.0 Å². The Kier molecular flexibility index (Phi) is 17.0. The van der Waals surface area contributed by atoms with E-state index < -0.39 is 71.6 Å². The third kappa shape index (κ3) is 12.6. The van der Waals surface area contributed by atoms with Crippen molar-refractivity contribution >= 4 is 41.8 Å². The Labute approximate surface area is 421 Å². The predicted molar refractivity (Wildman–Crippen MR) is 266 cm³/mol. The van der Waals surface area contributed by atoms with Crippen LogP contribution in [0.1, 0.15) is 102 Å². The Balaban J connectivity index is 1.16. The molecule has 2 aliphatic heterocycles. The van der Waals surface area contributed by atoms with Crippen molar-refractivity contribution in [1.82, 2.24) is 30.4 Å². The summed E-state index contributed by atoms with van der Waals surface area (Å²) >= 11 is 0. The molecule has 0 bridgehead atoms. The lowest BCUT2D eigenvalue weighted by Gasteiger charge is -2.45. The lowest BCUT2D eigenvalue weighted by Crippen LogP contribution is -2.67. The zero-order chi connectivity index (χ0) is 51.7. The van der Waals surface area contributed by atoms with E-state index in [2.05, 4.69) is 5.32 Å². The molecule has 0 unspecified atom stereocenters. The highest BCUT2D eigenvalue weighted by Crippen LogP contribution is 2.44. The third-order valence-corrected chi connectivity index (χ3v) is 12.9. The number of nitrogens with one attached hydrogen (secondary N) is 1. The standard InChI is InChI=1S/C55H66N6O11/c1-36(2)32-45(52(66)71-55(4,5)6)56-49(63)46-28-18-30-58(53(67)69-34-39-22-12-9-13-23-39)60(46)50(64)37(3)57(7)51(65)47-29-19-31-59(72-48(62)33-38-20-10-8-11-21-38)61(47)54(68)70-35-44-42-26-16-14-24-40(42)41-25-15-17-27-43(41)44/h8-17,20-27,36-37,44-47H,18-19,28-35H2,1-7H3,(H,56,63)/t37-,45-,46+,47+/m0/s1. The Morgan fingerprint density at radius 3 is 1.88 bits per heavy atom. The molecule has 4 aromatic rings. The summed E-state index contributed by atoms with van der Waals surface area (Å²) in [5, 5.41) is 6.96. The van der Waals surface area contributed by atoms with E-state index in [9.17, 15) is 28.8 Å². The maximum atomic E-state index is 15.1. The molecule has 1 N–H and O–H groups in total. The summed E-state index contributed by atoms with van der Waals surface area (Å²) in [6.07, 6.45) is -0.923. The number of carbonyl (C=O) groups is 7. The van der Waals surface area contributed by atoms with E-state index >= 15 is 4.79 Å². The van der Waals surface area contributed by atoms with Crippen LogP contribution in [0.3, 0.4) is 0 Å². The van der Waals surface area contributed by atoms with Gasteiger partial charge in [-0.15, -0.1) is 0 Å². The van der Waals surface area contributed by atoms with Crippen molar-refractivity contribution in [3.8, 4) is 11.1 Å². The maximum Gasteiger partial charge on any atom is 0.429 e. The number of fused-ring (bicyclic) bond motifs is 3. The number of amides is 5. The van der Waals surface area contributed by atoms with Gasteiger partial charge in [0.05, 0.1) is 13.0 Å². The minimum Gasteiger partial charge on any atom is -0.458 e. The van der Waals surface area contributed by atoms with Crippen LogP contribution in [-0.2, 0) is 56.0 Å². The van der Waals surface area contributed by atoms with E-state index in [0.29, 0.717) is 24.0 Å². The van der Waals surface area contributed by atoms with Crippen molar-refractivity contribution in [1.29, 1.82) is 0 Å². The third-order valence-electron chi connectivity index (χ3n) is 12.9. The minimum atomic E-state index is -1.35. The molecule has 2 saturated heterocycles. The normalized spacial score (nSPS) is 17.8. The molecule has 1 aliphatic carbocycles. The number of hydrogen-bond acceptors (Lipinski definition) is 12. The fourth-order valence-electron chi connectivity index (χ4n) is 9.34. The molecule has 0 spiro atoms. The smallest absolute Gasteiger partial charge is 0.429 e. The lowest BCUT2D eigenvalue weighted by atomic mass is 9.98. The summed E-state index contributed by atoms with van der Waals surface area (Å²) < 4.78 is 17.5. The minimum absolute atomic E-state index is 0.00346. The average molecular weight is 987 g/mol. The molecule has 17 nitrogen and oxygen atoms in total. The summed E-state index contributed by atoms with van der Waals surface area (Å²) in [7, 11) is 1.39. The van der Waals surface area contributed by atoms with Gasteiger partial charge in [0.25, 0.3) is 5.91 Å². The first-order valence-electron chi connectivity index (χ1n) is 24.7. The number of hydrazine groups is 2. The Morgan fingerprint density at radius 2 is 1.26 bits per heavy atom. The lowest BCUT2D eigenvalue weighted by molar-refractivity contribution is -0.274. The largest absolute Gasteiger partial charge is 0.458 e. The van der Waals surface area contributed by atoms with Crippen molar-refractivity contribution < 1.29 is 52.6 Å². The van der Waals surface area contributed by atoms with E-state index in [-0.39, 0.29) is 63.8 Å². The molecule has 2 heterocycles. The molecule has 2 fully saturated rings. The molecule has 0 aromatic heterocycles. The molecule has 0 radical (unpaired) electrons. The van der Waals surface area contributed by atoms with Gasteiger partial charge in [-0.25, -0.2) is 29.2 Å². The second kappa shape index (κ2) is 23.3. The fraction of sp³-hybridized carbons (Fsp3) is 0.436. The molecule has 72 heavy (non-hydrogen) atoms. The molecule has 4 aromatic carbocycles. The average Bonchev–Trinajstić information content (AvgIpc) is 3.68. The first-order chi connectivity index (χ1) is 34.4. The van der Waals surface area contributed by atoms with Crippen molar-refractivity contribution in [3.63, 3.8) is 0 Å². The van der Waals surface area contributed by atoms with Gasteiger partial charge in [0.1, 0.15) is 43.0 Å². The maximum absolute atomic E-state index is 15.1. The van der Waals surface area contributed by atoms with E-state index in [1.807, 2.05) is 74.5 Å². The molecule has 4 atom stereocenters. The fourth-order valence-corrected chi connectivity index (χ4v) is 9.34. The van der Waals surface area contributed by atoms with Gasteiger partial charge in [0.15, 0.2) is 0 Å². The number of hydrogen-bond donors (Lipinski definition) is 1. The number of hydroxylamine groups is 1. The topological polar surface area (TPSA) is 185 Å². The predicted octanol–water partition coefficient (Wildman–Crippen LogP) is 7.58. The number of nitrogens with zero attached hydrogens (tertiary/aromatic N) is 5. The Bertz CT molecular complexity index is 2540. The number of carbonyl (C=O) groups excluding carboxylic acids is 7. The van der Waals surface area contributed by atoms with Crippen LogP contribution in [-0.4, -0.2) is 123 Å². The van der Waals surface area contributed by atoms with E-state index in [0.717, 1.165) is 47.4 Å². The number of benzene rings is 4. The van der Waals surface area contributed by atoms with Crippen LogP contribution >= 0.6 is 0 Å². The summed E-state index contributed by atoms with van der Waals surface area (Å²) in [5.74, 6) is -3.91. The van der Waals surface area contributed by atoms with Gasteiger partial charge in [0, 0.05) is 19.5 Å². The van der Waals surface area contributed by atoms with E-state index in [1.54, 1.807) is 69.3 Å². The molecule has 17 heteroatoms. The van der Waals surface area contributed by atoms with Gasteiger partial charge in [0.2, 0.25) is 11.8 Å². The first kappa shape index (κ1) is 52.6. The molecular formula is C55H66N6O11. The summed E-state index contributed by atoms with van der Waals surface area (Å²) in [6, 6.07) is 28.6. The first-order valence-corrected chi connectivity index (χ1v) is 24.7. The van der Waals surface area contributed by atoms with Crippen LogP contribution in [0.25, 0.3) is 11.1 Å². The van der Waals surface area contributed by atoms with Crippen molar-refractivity contribution in [3.05, 3.63) is 131 Å². The van der Waals surface area contributed by atoms with Crippen LogP contribution in [0, 0.1) is 5.92 Å². The van der Waals surface area contributed by atoms with Crippen LogP contribution in [0.5, 0.6) is 0 Å². The zero-order valence-corrected chi connectivity index (χ0v) is 42.2. The van der Waals surface area contributed by atoms with Crippen molar-refractivity contribution in [2.45, 2.75) is 122 Å². The Morgan fingerprint density at radius 1 is 0.694 bits per heavy atom. The second-order valence-electron chi connectivity index (χ2n) is 19.9. The van der Waals surface area contributed by atoms with Crippen LogP contribution in [0.2, 0.25) is 0 Å². The number of ether oxygens (including phenoxy) is 3. The molecule has 0 saturated carbocycles. The van der Waals surface area contributed by atoms with Gasteiger partial charge in [-0.1, -0.05) is 123 Å². The highest BCUT2D eigenvalue weighted by Gasteiger charge is 2.47. The van der Waals surface area contributed by atoms with Crippen molar-refractivity contribution in [2.24, 2.45) is 5.92 Å². The number of likely N-dealkylation sites (N-methyl/N-ethyl adjacent to an activating group) is 1. The quantitative estimate of drug-likeness (QED) is 0.0911. The highest BCUT2D eigenvalue weighted by atomic mass is 16.8. The Hall–Kier alpha value is -7.27. The van der Waals surface area contributed by atoms with Crippen LogP contribution in [0.4, 0.5) is 9.59 Å². The second-order valence-corrected chi connectivity index (χ2v) is 19.9. The summed E-state index contributed by atoms with van der Waals surface area (Å²) in [6.45, 7) is 10.2.